The molecule has 0 bridgehead atoms. The summed E-state index contributed by atoms with van der Waals surface area (Å²) in [6, 6.07) is 0.574. The summed E-state index contributed by atoms with van der Waals surface area (Å²) in [5, 5.41) is 7.39. The molecule has 14 heavy (non-hydrogen) atoms. The molecule has 2 N–H and O–H groups in total. The van der Waals surface area contributed by atoms with Gasteiger partial charge in [0.1, 0.15) is 0 Å². The largest absolute Gasteiger partial charge is 0.363 e. The minimum Gasteiger partial charge on any atom is -0.363 e. The van der Waals surface area contributed by atoms with Crippen molar-refractivity contribution in [3.8, 4) is 0 Å². The summed E-state index contributed by atoms with van der Waals surface area (Å²) < 4.78 is 0. The zero-order valence-electron chi connectivity index (χ0n) is 9.47. The average molecular weight is 214 g/mol. The molecule has 0 aromatic carbocycles. The summed E-state index contributed by atoms with van der Waals surface area (Å²) in [7, 11) is 0. The van der Waals surface area contributed by atoms with Gasteiger partial charge in [-0.1, -0.05) is 26.7 Å². The zero-order valence-corrected chi connectivity index (χ0v) is 10.3. The lowest BCUT2D eigenvalue weighted by Gasteiger charge is -2.35. The highest BCUT2D eigenvalue weighted by atomic mass is 32.1. The topological polar surface area (TPSA) is 24.1 Å². The summed E-state index contributed by atoms with van der Waals surface area (Å²) in [5.74, 6) is 1.56. The Morgan fingerprint density at radius 1 is 1.36 bits per heavy atom. The number of thiocarbonyl (C=S) groups is 1. The van der Waals surface area contributed by atoms with Crippen LogP contribution in [-0.4, -0.2) is 17.7 Å². The Balaban J connectivity index is 2.39. The maximum atomic E-state index is 5.20. The Morgan fingerprint density at radius 3 is 2.71 bits per heavy atom. The van der Waals surface area contributed by atoms with Crippen LogP contribution in [0.4, 0.5) is 0 Å². The Kier molecular flexibility index (Phi) is 4.66. The van der Waals surface area contributed by atoms with E-state index in [9.17, 15) is 0 Å². The molecule has 0 aromatic heterocycles. The molecule has 3 unspecified atom stereocenters. The van der Waals surface area contributed by atoms with Crippen LogP contribution in [0.1, 0.15) is 40.0 Å². The van der Waals surface area contributed by atoms with Gasteiger partial charge in [-0.25, -0.2) is 0 Å². The fraction of sp³-hybridized carbons (Fsp3) is 0.909. The molecule has 3 heteroatoms. The highest BCUT2D eigenvalue weighted by Crippen LogP contribution is 2.29. The molecule has 1 aliphatic carbocycles. The molecule has 0 aliphatic heterocycles. The van der Waals surface area contributed by atoms with Crippen LogP contribution in [0, 0.1) is 11.8 Å². The third-order valence-electron chi connectivity index (χ3n) is 3.36. The maximum absolute atomic E-state index is 5.20. The van der Waals surface area contributed by atoms with Gasteiger partial charge in [0.05, 0.1) is 0 Å². The maximum Gasteiger partial charge on any atom is 0.166 e. The molecule has 0 heterocycles. The van der Waals surface area contributed by atoms with Gasteiger partial charge in [0.2, 0.25) is 0 Å². The van der Waals surface area contributed by atoms with E-state index in [4.69, 9.17) is 12.2 Å². The zero-order chi connectivity index (χ0) is 10.6. The van der Waals surface area contributed by atoms with E-state index in [-0.39, 0.29) is 0 Å². The molecule has 0 radical (unpaired) electrons. The van der Waals surface area contributed by atoms with Crippen LogP contribution in [0.25, 0.3) is 0 Å². The summed E-state index contributed by atoms with van der Waals surface area (Å²) in [4.78, 5) is 0. The second-order valence-corrected chi connectivity index (χ2v) is 4.79. The van der Waals surface area contributed by atoms with Gasteiger partial charge in [-0.15, -0.1) is 0 Å². The second-order valence-electron chi connectivity index (χ2n) is 4.38. The SMILES string of the molecule is CCNC(=S)NC1CCCC(C)C1C. The monoisotopic (exact) mass is 214 g/mol. The second kappa shape index (κ2) is 5.54. The van der Waals surface area contributed by atoms with E-state index in [0.717, 1.165) is 23.5 Å². The summed E-state index contributed by atoms with van der Waals surface area (Å²) in [5.41, 5.74) is 0. The van der Waals surface area contributed by atoms with Crippen molar-refractivity contribution in [2.45, 2.75) is 46.1 Å². The highest BCUT2D eigenvalue weighted by Gasteiger charge is 2.27. The molecule has 1 fully saturated rings. The van der Waals surface area contributed by atoms with E-state index in [0.29, 0.717) is 6.04 Å². The third kappa shape index (κ3) is 3.12. The van der Waals surface area contributed by atoms with Gasteiger partial charge < -0.3 is 10.6 Å². The van der Waals surface area contributed by atoms with E-state index >= 15 is 0 Å². The van der Waals surface area contributed by atoms with Crippen molar-refractivity contribution in [1.82, 2.24) is 10.6 Å². The molecule has 82 valence electrons. The van der Waals surface area contributed by atoms with E-state index in [2.05, 4.69) is 31.4 Å². The summed E-state index contributed by atoms with van der Waals surface area (Å²) >= 11 is 5.20. The number of rotatable bonds is 2. The van der Waals surface area contributed by atoms with Crippen molar-refractivity contribution < 1.29 is 0 Å². The first-order valence-electron chi connectivity index (χ1n) is 5.69. The molecular weight excluding hydrogens is 192 g/mol. The Bertz CT molecular complexity index is 194. The van der Waals surface area contributed by atoms with Gasteiger partial charge in [0.25, 0.3) is 0 Å². The molecule has 0 saturated heterocycles. The van der Waals surface area contributed by atoms with Crippen molar-refractivity contribution in [3.63, 3.8) is 0 Å². The van der Waals surface area contributed by atoms with Crippen LogP contribution in [0.15, 0.2) is 0 Å². The van der Waals surface area contributed by atoms with Crippen molar-refractivity contribution in [2.24, 2.45) is 11.8 Å². The van der Waals surface area contributed by atoms with Gasteiger partial charge in [-0.2, -0.15) is 0 Å². The predicted molar refractivity (Wildman–Crippen MR) is 65.4 cm³/mol. The minimum absolute atomic E-state index is 0.574. The van der Waals surface area contributed by atoms with Crippen LogP contribution < -0.4 is 10.6 Å². The highest BCUT2D eigenvalue weighted by molar-refractivity contribution is 7.80. The van der Waals surface area contributed by atoms with Gasteiger partial charge in [-0.3, -0.25) is 0 Å². The quantitative estimate of drug-likeness (QED) is 0.690. The summed E-state index contributed by atoms with van der Waals surface area (Å²) in [6.07, 6.45) is 3.96. The smallest absolute Gasteiger partial charge is 0.166 e. The van der Waals surface area contributed by atoms with E-state index < -0.39 is 0 Å². The molecule has 0 spiro atoms. The van der Waals surface area contributed by atoms with Gasteiger partial charge in [0.15, 0.2) is 5.11 Å². The lowest BCUT2D eigenvalue weighted by Crippen LogP contribution is -2.47. The number of hydrogen-bond acceptors (Lipinski definition) is 1. The van der Waals surface area contributed by atoms with Crippen LogP contribution in [0.5, 0.6) is 0 Å². The molecule has 3 atom stereocenters. The van der Waals surface area contributed by atoms with Crippen LogP contribution in [-0.2, 0) is 0 Å². The minimum atomic E-state index is 0.574. The van der Waals surface area contributed by atoms with E-state index in [1.807, 2.05) is 0 Å². The first-order chi connectivity index (χ1) is 6.65. The molecular formula is C11H22N2S. The molecule has 1 rings (SSSR count). The number of nitrogens with one attached hydrogen (secondary N) is 2. The average Bonchev–Trinajstić information content (AvgIpc) is 2.13. The molecule has 1 aliphatic rings. The lowest BCUT2D eigenvalue weighted by molar-refractivity contribution is 0.224. The normalized spacial score (nSPS) is 32.4. The first kappa shape index (κ1) is 11.8. The van der Waals surface area contributed by atoms with Gasteiger partial charge >= 0.3 is 0 Å². The molecule has 0 amide bonds. The van der Waals surface area contributed by atoms with Crippen LogP contribution in [0.2, 0.25) is 0 Å². The Labute approximate surface area is 92.8 Å². The third-order valence-corrected chi connectivity index (χ3v) is 3.62. The van der Waals surface area contributed by atoms with E-state index in [1.54, 1.807) is 0 Å². The first-order valence-corrected chi connectivity index (χ1v) is 6.10. The molecule has 2 nitrogen and oxygen atoms in total. The van der Waals surface area contributed by atoms with Crippen LogP contribution >= 0.6 is 12.2 Å². The number of hydrogen-bond donors (Lipinski definition) is 2. The fourth-order valence-electron chi connectivity index (χ4n) is 2.17. The van der Waals surface area contributed by atoms with Crippen molar-refractivity contribution >= 4 is 17.3 Å². The van der Waals surface area contributed by atoms with Crippen molar-refractivity contribution in [1.29, 1.82) is 0 Å². The van der Waals surface area contributed by atoms with Crippen molar-refractivity contribution in [3.05, 3.63) is 0 Å². The van der Waals surface area contributed by atoms with E-state index in [1.165, 1.54) is 19.3 Å². The standard InChI is InChI=1S/C11H22N2S/c1-4-12-11(14)13-10-7-5-6-8(2)9(10)3/h8-10H,4-7H2,1-3H3,(H2,12,13,14). The predicted octanol–water partition coefficient (Wildman–Crippen LogP) is 2.30. The van der Waals surface area contributed by atoms with Crippen molar-refractivity contribution in [2.75, 3.05) is 6.54 Å². The lowest BCUT2D eigenvalue weighted by atomic mass is 9.78. The molecule has 1 saturated carbocycles. The Morgan fingerprint density at radius 2 is 2.07 bits per heavy atom. The Hall–Kier alpha value is -0.310. The van der Waals surface area contributed by atoms with Gasteiger partial charge in [-0.05, 0) is 37.4 Å². The van der Waals surface area contributed by atoms with Crippen LogP contribution in [0.3, 0.4) is 0 Å². The fourth-order valence-corrected chi connectivity index (χ4v) is 2.46. The summed E-state index contributed by atoms with van der Waals surface area (Å²) in [6.45, 7) is 7.65. The molecule has 0 aromatic rings. The van der Waals surface area contributed by atoms with Gasteiger partial charge in [0, 0.05) is 12.6 Å².